The van der Waals surface area contributed by atoms with Crippen LogP contribution in [-0.4, -0.2) is 9.97 Å². The highest BCUT2D eigenvalue weighted by molar-refractivity contribution is 5.67. The van der Waals surface area contributed by atoms with Gasteiger partial charge in [-0.2, -0.15) is 0 Å². The maximum atomic E-state index is 11.9. The van der Waals surface area contributed by atoms with Crippen LogP contribution >= 0.6 is 0 Å². The van der Waals surface area contributed by atoms with Gasteiger partial charge in [0.05, 0.1) is 5.69 Å². The molecular weight excluding hydrogens is 236 g/mol. The van der Waals surface area contributed by atoms with Crippen LogP contribution in [0, 0.1) is 13.8 Å². The summed E-state index contributed by atoms with van der Waals surface area (Å²) in [4.78, 5) is 19.2. The average Bonchev–Trinajstić information content (AvgIpc) is 2.32. The van der Waals surface area contributed by atoms with Crippen molar-refractivity contribution >= 4 is 0 Å². The lowest BCUT2D eigenvalue weighted by molar-refractivity contribution is 0.420. The Bertz CT molecular complexity index is 669. The molecule has 19 heavy (non-hydrogen) atoms. The normalized spacial score (nSPS) is 15.3. The Balaban J connectivity index is 2.19. The van der Waals surface area contributed by atoms with Gasteiger partial charge in [0.2, 0.25) is 0 Å². The summed E-state index contributed by atoms with van der Waals surface area (Å²) in [5.41, 5.74) is 3.97. The topological polar surface area (TPSA) is 45.8 Å². The maximum absolute atomic E-state index is 11.9. The van der Waals surface area contributed by atoms with Crippen molar-refractivity contribution in [3.63, 3.8) is 0 Å². The lowest BCUT2D eigenvalue weighted by Gasteiger charge is -2.28. The van der Waals surface area contributed by atoms with Gasteiger partial charge >= 0.3 is 0 Å². The van der Waals surface area contributed by atoms with Crippen molar-refractivity contribution in [2.24, 2.45) is 0 Å². The van der Waals surface area contributed by atoms with Crippen molar-refractivity contribution < 1.29 is 0 Å². The monoisotopic (exact) mass is 254 g/mol. The molecule has 0 radical (unpaired) electrons. The molecule has 0 unspecified atom stereocenters. The Morgan fingerprint density at radius 3 is 2.63 bits per heavy atom. The van der Waals surface area contributed by atoms with Gasteiger partial charge in [0.15, 0.2) is 0 Å². The SMILES string of the molecule is Cc1nc(-c2ccccc2C2CCC2)c(C)c(=O)[nH]1. The van der Waals surface area contributed by atoms with Crippen molar-refractivity contribution in [1.29, 1.82) is 0 Å². The van der Waals surface area contributed by atoms with Crippen LogP contribution in [0.3, 0.4) is 0 Å². The van der Waals surface area contributed by atoms with Gasteiger partial charge in [-0.05, 0) is 38.2 Å². The summed E-state index contributed by atoms with van der Waals surface area (Å²) in [7, 11) is 0. The number of hydrogen-bond acceptors (Lipinski definition) is 2. The molecule has 0 bridgehead atoms. The molecule has 1 N–H and O–H groups in total. The van der Waals surface area contributed by atoms with Crippen LogP contribution in [0.5, 0.6) is 0 Å². The molecule has 1 aliphatic carbocycles. The molecule has 1 fully saturated rings. The highest BCUT2D eigenvalue weighted by atomic mass is 16.1. The van der Waals surface area contributed by atoms with E-state index in [-0.39, 0.29) is 5.56 Å². The lowest BCUT2D eigenvalue weighted by Crippen LogP contribution is -2.16. The maximum Gasteiger partial charge on any atom is 0.254 e. The molecule has 98 valence electrons. The van der Waals surface area contributed by atoms with E-state index >= 15 is 0 Å². The Kier molecular flexibility index (Phi) is 2.97. The second-order valence-corrected chi connectivity index (χ2v) is 5.34. The average molecular weight is 254 g/mol. The molecule has 1 aromatic carbocycles. The van der Waals surface area contributed by atoms with E-state index in [1.165, 1.54) is 24.8 Å². The number of hydrogen-bond donors (Lipinski definition) is 1. The molecule has 1 saturated carbocycles. The number of nitrogens with zero attached hydrogens (tertiary/aromatic N) is 1. The standard InChI is InChI=1S/C16H18N2O/c1-10-15(17-11(2)18-16(10)19)14-9-4-3-8-13(14)12-6-5-7-12/h3-4,8-9,12H,5-7H2,1-2H3,(H,17,18,19). The molecular formula is C16H18N2O. The van der Waals surface area contributed by atoms with Gasteiger partial charge in [0, 0.05) is 11.1 Å². The molecule has 0 atom stereocenters. The van der Waals surface area contributed by atoms with Crippen molar-refractivity contribution in [1.82, 2.24) is 9.97 Å². The molecule has 1 heterocycles. The second-order valence-electron chi connectivity index (χ2n) is 5.34. The third-order valence-corrected chi connectivity index (χ3v) is 4.03. The summed E-state index contributed by atoms with van der Waals surface area (Å²) in [5, 5.41) is 0. The third kappa shape index (κ3) is 2.09. The molecule has 0 amide bonds. The summed E-state index contributed by atoms with van der Waals surface area (Å²) >= 11 is 0. The molecule has 3 heteroatoms. The minimum Gasteiger partial charge on any atom is -0.311 e. The number of nitrogens with one attached hydrogen (secondary N) is 1. The first-order valence-electron chi connectivity index (χ1n) is 6.83. The van der Waals surface area contributed by atoms with Crippen LogP contribution in [0.2, 0.25) is 0 Å². The molecule has 0 aliphatic heterocycles. The summed E-state index contributed by atoms with van der Waals surface area (Å²) in [6.45, 7) is 3.68. The van der Waals surface area contributed by atoms with Crippen LogP contribution in [-0.2, 0) is 0 Å². The number of H-pyrrole nitrogens is 1. The number of benzene rings is 1. The Labute approximate surface area is 112 Å². The molecule has 1 aliphatic rings. The lowest BCUT2D eigenvalue weighted by atomic mass is 9.77. The summed E-state index contributed by atoms with van der Waals surface area (Å²) in [6.07, 6.45) is 3.80. The number of rotatable bonds is 2. The smallest absolute Gasteiger partial charge is 0.254 e. The van der Waals surface area contributed by atoms with Gasteiger partial charge in [-0.15, -0.1) is 0 Å². The zero-order valence-corrected chi connectivity index (χ0v) is 11.4. The molecule has 0 saturated heterocycles. The number of aromatic nitrogens is 2. The van der Waals surface area contributed by atoms with Crippen molar-refractivity contribution in [3.05, 3.63) is 51.6 Å². The zero-order valence-electron chi connectivity index (χ0n) is 11.4. The first-order chi connectivity index (χ1) is 9.16. The Hall–Kier alpha value is -1.90. The van der Waals surface area contributed by atoms with Crippen LogP contribution < -0.4 is 5.56 Å². The van der Waals surface area contributed by atoms with E-state index in [1.807, 2.05) is 19.9 Å². The van der Waals surface area contributed by atoms with Gasteiger partial charge in [0.25, 0.3) is 5.56 Å². The molecule has 0 spiro atoms. The van der Waals surface area contributed by atoms with E-state index in [4.69, 9.17) is 0 Å². The van der Waals surface area contributed by atoms with Gasteiger partial charge in [0.1, 0.15) is 5.82 Å². The van der Waals surface area contributed by atoms with Gasteiger partial charge in [-0.25, -0.2) is 4.98 Å². The van der Waals surface area contributed by atoms with E-state index in [0.29, 0.717) is 17.3 Å². The number of aryl methyl sites for hydroxylation is 1. The van der Waals surface area contributed by atoms with Crippen molar-refractivity contribution in [2.75, 3.05) is 0 Å². The fourth-order valence-electron chi connectivity index (χ4n) is 2.70. The van der Waals surface area contributed by atoms with E-state index in [0.717, 1.165) is 11.3 Å². The van der Waals surface area contributed by atoms with Crippen LogP contribution in [0.15, 0.2) is 29.1 Å². The third-order valence-electron chi connectivity index (χ3n) is 4.03. The van der Waals surface area contributed by atoms with Gasteiger partial charge in [-0.1, -0.05) is 30.7 Å². The molecule has 3 rings (SSSR count). The first kappa shape index (κ1) is 12.2. The minimum atomic E-state index is -0.0362. The highest BCUT2D eigenvalue weighted by Gasteiger charge is 2.23. The predicted octanol–water partition coefficient (Wildman–Crippen LogP) is 3.32. The highest BCUT2D eigenvalue weighted by Crippen LogP contribution is 2.40. The van der Waals surface area contributed by atoms with Gasteiger partial charge in [-0.3, -0.25) is 4.79 Å². The zero-order chi connectivity index (χ0) is 13.4. The summed E-state index contributed by atoms with van der Waals surface area (Å²) in [6, 6.07) is 8.36. The van der Waals surface area contributed by atoms with Gasteiger partial charge < -0.3 is 4.98 Å². The summed E-state index contributed by atoms with van der Waals surface area (Å²) < 4.78 is 0. The van der Waals surface area contributed by atoms with Crippen molar-refractivity contribution in [3.8, 4) is 11.3 Å². The summed E-state index contributed by atoms with van der Waals surface area (Å²) in [5.74, 6) is 1.31. The Morgan fingerprint density at radius 1 is 1.21 bits per heavy atom. The fraction of sp³-hybridized carbons (Fsp3) is 0.375. The largest absolute Gasteiger partial charge is 0.311 e. The molecule has 2 aromatic rings. The Morgan fingerprint density at radius 2 is 1.95 bits per heavy atom. The quantitative estimate of drug-likeness (QED) is 0.893. The van der Waals surface area contributed by atoms with Crippen LogP contribution in [0.1, 0.15) is 42.1 Å². The van der Waals surface area contributed by atoms with Crippen molar-refractivity contribution in [2.45, 2.75) is 39.0 Å². The fourth-order valence-corrected chi connectivity index (χ4v) is 2.70. The molecule has 1 aromatic heterocycles. The van der Waals surface area contributed by atoms with E-state index in [2.05, 4.69) is 28.2 Å². The van der Waals surface area contributed by atoms with Crippen LogP contribution in [0.4, 0.5) is 0 Å². The van der Waals surface area contributed by atoms with E-state index < -0.39 is 0 Å². The number of aromatic amines is 1. The molecule has 3 nitrogen and oxygen atoms in total. The van der Waals surface area contributed by atoms with E-state index in [1.54, 1.807) is 0 Å². The predicted molar refractivity (Wildman–Crippen MR) is 76.4 cm³/mol. The first-order valence-corrected chi connectivity index (χ1v) is 6.83. The minimum absolute atomic E-state index is 0.0362. The van der Waals surface area contributed by atoms with E-state index in [9.17, 15) is 4.79 Å². The second kappa shape index (κ2) is 4.65. The van der Waals surface area contributed by atoms with Crippen LogP contribution in [0.25, 0.3) is 11.3 Å².